The van der Waals surface area contributed by atoms with E-state index in [4.69, 9.17) is 0 Å². The van der Waals surface area contributed by atoms with Crippen LogP contribution >= 0.6 is 0 Å². The fourth-order valence-electron chi connectivity index (χ4n) is 3.73. The molecular weight excluding hydrogens is 250 g/mol. The summed E-state index contributed by atoms with van der Waals surface area (Å²) in [6.07, 6.45) is 6.60. The zero-order chi connectivity index (χ0) is 13.5. The second-order valence-corrected chi connectivity index (χ2v) is 6.00. The second kappa shape index (κ2) is 4.54. The van der Waals surface area contributed by atoms with Crippen molar-refractivity contribution in [1.82, 2.24) is 15.3 Å². The maximum absolute atomic E-state index is 12.3. The lowest BCUT2D eigenvalue weighted by atomic mass is 9.95. The zero-order valence-electron chi connectivity index (χ0n) is 11.2. The van der Waals surface area contributed by atoms with Gasteiger partial charge in [-0.3, -0.25) is 9.78 Å². The van der Waals surface area contributed by atoms with E-state index >= 15 is 0 Å². The van der Waals surface area contributed by atoms with Crippen LogP contribution in [0.1, 0.15) is 36.2 Å². The number of hydrogen-bond donors (Lipinski definition) is 1. The lowest BCUT2D eigenvalue weighted by Crippen LogP contribution is -2.38. The molecule has 20 heavy (non-hydrogen) atoms. The molecule has 1 N–H and O–H groups in total. The summed E-state index contributed by atoms with van der Waals surface area (Å²) in [5.74, 6) is 1.42. The van der Waals surface area contributed by atoms with Gasteiger partial charge < -0.3 is 5.32 Å². The first-order chi connectivity index (χ1) is 9.79. The molecule has 0 radical (unpaired) electrons. The van der Waals surface area contributed by atoms with Gasteiger partial charge in [0.05, 0.1) is 17.2 Å². The maximum Gasteiger partial charge on any atom is 0.271 e. The largest absolute Gasteiger partial charge is 0.348 e. The molecule has 2 bridgehead atoms. The minimum atomic E-state index is -0.0826. The average Bonchev–Trinajstić information content (AvgIpc) is 3.09. The predicted molar refractivity (Wildman–Crippen MR) is 76.2 cm³/mol. The molecule has 0 saturated heterocycles. The molecule has 2 aromatic rings. The monoisotopic (exact) mass is 267 g/mol. The summed E-state index contributed by atoms with van der Waals surface area (Å²) in [4.78, 5) is 21.0. The molecule has 1 amide bonds. The number of hydrogen-bond acceptors (Lipinski definition) is 3. The van der Waals surface area contributed by atoms with Crippen LogP contribution in [0.2, 0.25) is 0 Å². The number of carbonyl (C=O) groups excluding carboxylic acids is 1. The van der Waals surface area contributed by atoms with Gasteiger partial charge in [-0.1, -0.05) is 18.6 Å². The van der Waals surface area contributed by atoms with Crippen molar-refractivity contribution in [3.8, 4) is 0 Å². The molecule has 2 aliphatic rings. The molecule has 4 rings (SSSR count). The quantitative estimate of drug-likeness (QED) is 0.909. The normalized spacial score (nSPS) is 27.9. The van der Waals surface area contributed by atoms with E-state index in [2.05, 4.69) is 15.3 Å². The molecular formula is C16H17N3O. The molecule has 1 heterocycles. The highest BCUT2D eigenvalue weighted by Crippen LogP contribution is 2.44. The number of carbonyl (C=O) groups is 1. The minimum absolute atomic E-state index is 0.0826. The van der Waals surface area contributed by atoms with E-state index in [1.165, 1.54) is 19.3 Å². The van der Waals surface area contributed by atoms with Gasteiger partial charge in [-0.2, -0.15) is 0 Å². The molecule has 1 aromatic heterocycles. The minimum Gasteiger partial charge on any atom is -0.348 e. The summed E-state index contributed by atoms with van der Waals surface area (Å²) in [6, 6.07) is 7.96. The van der Waals surface area contributed by atoms with Gasteiger partial charge in [0.15, 0.2) is 0 Å². The summed E-state index contributed by atoms with van der Waals surface area (Å²) < 4.78 is 0. The Kier molecular flexibility index (Phi) is 2.69. The Balaban J connectivity index is 1.54. The molecule has 0 unspecified atom stereocenters. The zero-order valence-corrected chi connectivity index (χ0v) is 11.2. The van der Waals surface area contributed by atoms with Gasteiger partial charge in [0.1, 0.15) is 5.69 Å². The van der Waals surface area contributed by atoms with Crippen LogP contribution in [0.25, 0.3) is 11.0 Å². The van der Waals surface area contributed by atoms with Crippen LogP contribution in [0.15, 0.2) is 30.5 Å². The van der Waals surface area contributed by atoms with Crippen molar-refractivity contribution in [2.24, 2.45) is 11.8 Å². The van der Waals surface area contributed by atoms with Crippen LogP contribution in [0.5, 0.6) is 0 Å². The van der Waals surface area contributed by atoms with Crippen molar-refractivity contribution in [3.63, 3.8) is 0 Å². The van der Waals surface area contributed by atoms with E-state index in [0.29, 0.717) is 17.7 Å². The Labute approximate surface area is 117 Å². The van der Waals surface area contributed by atoms with E-state index in [0.717, 1.165) is 23.4 Å². The number of nitrogens with one attached hydrogen (secondary N) is 1. The maximum atomic E-state index is 12.3. The fourth-order valence-corrected chi connectivity index (χ4v) is 3.73. The van der Waals surface area contributed by atoms with Crippen molar-refractivity contribution < 1.29 is 4.79 Å². The highest BCUT2D eigenvalue weighted by atomic mass is 16.1. The molecule has 102 valence electrons. The fraction of sp³-hybridized carbons (Fsp3) is 0.438. The van der Waals surface area contributed by atoms with Crippen LogP contribution in [-0.2, 0) is 0 Å². The van der Waals surface area contributed by atoms with Crippen LogP contribution in [0, 0.1) is 11.8 Å². The van der Waals surface area contributed by atoms with Crippen LogP contribution in [-0.4, -0.2) is 21.9 Å². The Morgan fingerprint density at radius 1 is 1.15 bits per heavy atom. The number of para-hydroxylation sites is 2. The van der Waals surface area contributed by atoms with Gasteiger partial charge >= 0.3 is 0 Å². The summed E-state index contributed by atoms with van der Waals surface area (Å²) >= 11 is 0. The molecule has 4 heteroatoms. The molecule has 0 aliphatic heterocycles. The third-order valence-electron chi connectivity index (χ3n) is 4.74. The van der Waals surface area contributed by atoms with E-state index in [-0.39, 0.29) is 5.91 Å². The molecule has 4 nitrogen and oxygen atoms in total. The van der Waals surface area contributed by atoms with Gasteiger partial charge in [0.25, 0.3) is 5.91 Å². The molecule has 2 fully saturated rings. The SMILES string of the molecule is O=C(N[C@@H]1C[C@@H]2CC[C@H]1C2)c1cnc2ccccc2n1. The smallest absolute Gasteiger partial charge is 0.271 e. The number of nitrogens with zero attached hydrogens (tertiary/aromatic N) is 2. The van der Waals surface area contributed by atoms with Gasteiger partial charge in [0.2, 0.25) is 0 Å². The summed E-state index contributed by atoms with van der Waals surface area (Å²) in [5, 5.41) is 3.15. The number of rotatable bonds is 2. The molecule has 3 atom stereocenters. The number of aromatic nitrogens is 2. The summed E-state index contributed by atoms with van der Waals surface area (Å²) in [5.41, 5.74) is 2.02. The second-order valence-electron chi connectivity index (χ2n) is 6.00. The third kappa shape index (κ3) is 1.96. The highest BCUT2D eigenvalue weighted by molar-refractivity contribution is 5.94. The molecule has 2 aliphatic carbocycles. The van der Waals surface area contributed by atoms with Crippen molar-refractivity contribution in [2.75, 3.05) is 0 Å². The number of benzene rings is 1. The van der Waals surface area contributed by atoms with Gasteiger partial charge in [-0.25, -0.2) is 4.98 Å². The summed E-state index contributed by atoms with van der Waals surface area (Å²) in [6.45, 7) is 0. The van der Waals surface area contributed by atoms with Gasteiger partial charge in [-0.05, 0) is 43.2 Å². The topological polar surface area (TPSA) is 54.9 Å². The first-order valence-electron chi connectivity index (χ1n) is 7.32. The van der Waals surface area contributed by atoms with Crippen LogP contribution in [0.4, 0.5) is 0 Å². The average molecular weight is 267 g/mol. The number of amides is 1. The molecule has 2 saturated carbocycles. The van der Waals surface area contributed by atoms with Crippen molar-refractivity contribution in [3.05, 3.63) is 36.2 Å². The molecule has 1 aromatic carbocycles. The lowest BCUT2D eigenvalue weighted by molar-refractivity contribution is 0.0918. The Bertz CT molecular complexity index is 670. The van der Waals surface area contributed by atoms with Gasteiger partial charge in [0, 0.05) is 6.04 Å². The first kappa shape index (κ1) is 11.8. The van der Waals surface area contributed by atoms with Crippen molar-refractivity contribution >= 4 is 16.9 Å². The third-order valence-corrected chi connectivity index (χ3v) is 4.74. The Morgan fingerprint density at radius 3 is 2.75 bits per heavy atom. The molecule has 0 spiro atoms. The van der Waals surface area contributed by atoms with E-state index in [1.54, 1.807) is 6.20 Å². The standard InChI is InChI=1S/C16H17N3O/c20-16(19-14-8-10-5-6-11(14)7-10)15-9-17-12-3-1-2-4-13(12)18-15/h1-4,9-11,14H,5-8H2,(H,19,20)/t10-,11+,14-/m1/s1. The van der Waals surface area contributed by atoms with Gasteiger partial charge in [-0.15, -0.1) is 0 Å². The predicted octanol–water partition coefficient (Wildman–Crippen LogP) is 2.55. The van der Waals surface area contributed by atoms with Crippen LogP contribution < -0.4 is 5.32 Å². The summed E-state index contributed by atoms with van der Waals surface area (Å²) in [7, 11) is 0. The first-order valence-corrected chi connectivity index (χ1v) is 7.32. The Morgan fingerprint density at radius 2 is 2.00 bits per heavy atom. The number of fused-ring (bicyclic) bond motifs is 3. The van der Waals surface area contributed by atoms with E-state index in [1.807, 2.05) is 24.3 Å². The van der Waals surface area contributed by atoms with Crippen molar-refractivity contribution in [2.45, 2.75) is 31.7 Å². The van der Waals surface area contributed by atoms with Crippen LogP contribution in [0.3, 0.4) is 0 Å². The van der Waals surface area contributed by atoms with Crippen molar-refractivity contribution in [1.29, 1.82) is 0 Å². The lowest BCUT2D eigenvalue weighted by Gasteiger charge is -2.22. The highest BCUT2D eigenvalue weighted by Gasteiger charge is 2.40. The van der Waals surface area contributed by atoms with E-state index in [9.17, 15) is 4.79 Å². The van der Waals surface area contributed by atoms with E-state index < -0.39 is 0 Å². The Hall–Kier alpha value is -1.97.